The van der Waals surface area contributed by atoms with Crippen LogP contribution >= 0.6 is 11.8 Å². The molecule has 1 aliphatic rings. The average Bonchev–Trinajstić information content (AvgIpc) is 2.80. The van der Waals surface area contributed by atoms with Gasteiger partial charge in [-0.15, -0.1) is 6.58 Å². The third-order valence-corrected chi connectivity index (χ3v) is 6.97. The molecule has 3 heterocycles. The second kappa shape index (κ2) is 9.18. The summed E-state index contributed by atoms with van der Waals surface area (Å²) < 4.78 is 42.5. The Morgan fingerprint density at radius 1 is 1.27 bits per heavy atom. The van der Waals surface area contributed by atoms with Crippen LogP contribution < -0.4 is 10.9 Å². The van der Waals surface area contributed by atoms with Gasteiger partial charge >= 0.3 is 0 Å². The van der Waals surface area contributed by atoms with Crippen molar-refractivity contribution in [1.82, 2.24) is 14.5 Å². The Morgan fingerprint density at radius 2 is 1.97 bits per heavy atom. The van der Waals surface area contributed by atoms with Gasteiger partial charge in [0, 0.05) is 18.2 Å². The maximum absolute atomic E-state index is 14.8. The Balaban J connectivity index is 1.82. The van der Waals surface area contributed by atoms with Crippen molar-refractivity contribution in [3.63, 3.8) is 0 Å². The first-order valence-corrected chi connectivity index (χ1v) is 11.5. The third-order valence-electron chi connectivity index (χ3n) is 5.98. The van der Waals surface area contributed by atoms with Crippen LogP contribution in [0.25, 0.3) is 11.0 Å². The summed E-state index contributed by atoms with van der Waals surface area (Å²) in [6.07, 6.45) is 0.561. The van der Waals surface area contributed by atoms with Crippen LogP contribution in [0, 0.1) is 5.82 Å². The van der Waals surface area contributed by atoms with Crippen LogP contribution in [-0.4, -0.2) is 31.1 Å². The summed E-state index contributed by atoms with van der Waals surface area (Å²) in [5.74, 6) is 0.696. The standard InChI is InChI=1S/C23H23F3N4O2S/c1-3-17(13-5-4-6-14(18(13)24)19(25)26)29-20-15-11-16(23(32)7-9-33-10-8-23)22(31)30(2)21(15)28-12-27-20/h3-6,11-12,17,19,32H,1,7-10H2,2H3,(H,27,28,29)/t17-/m1/s1. The van der Waals surface area contributed by atoms with E-state index >= 15 is 0 Å². The predicted molar refractivity (Wildman–Crippen MR) is 123 cm³/mol. The molecule has 1 aliphatic heterocycles. The van der Waals surface area contributed by atoms with Gasteiger partial charge in [0.2, 0.25) is 0 Å². The van der Waals surface area contributed by atoms with Crippen molar-refractivity contribution in [3.05, 3.63) is 76.1 Å². The fraction of sp³-hybridized carbons (Fsp3) is 0.348. The van der Waals surface area contributed by atoms with Crippen molar-refractivity contribution in [2.45, 2.75) is 30.9 Å². The van der Waals surface area contributed by atoms with Crippen molar-refractivity contribution in [3.8, 4) is 0 Å². The molecule has 1 atom stereocenters. The van der Waals surface area contributed by atoms with E-state index < -0.39 is 29.4 Å². The van der Waals surface area contributed by atoms with Gasteiger partial charge < -0.3 is 10.4 Å². The van der Waals surface area contributed by atoms with Gasteiger partial charge in [0.15, 0.2) is 0 Å². The number of aryl methyl sites for hydroxylation is 1. The minimum Gasteiger partial charge on any atom is -0.385 e. The number of nitrogens with zero attached hydrogens (tertiary/aromatic N) is 3. The second-order valence-electron chi connectivity index (χ2n) is 7.93. The molecule has 2 aromatic heterocycles. The number of thioether (sulfide) groups is 1. The number of fused-ring (bicyclic) bond motifs is 1. The van der Waals surface area contributed by atoms with E-state index in [4.69, 9.17) is 0 Å². The summed E-state index contributed by atoms with van der Waals surface area (Å²) in [6, 6.07) is 4.48. The summed E-state index contributed by atoms with van der Waals surface area (Å²) in [4.78, 5) is 21.5. The lowest BCUT2D eigenvalue weighted by Gasteiger charge is -2.32. The van der Waals surface area contributed by atoms with E-state index in [0.29, 0.717) is 23.9 Å². The molecule has 0 bridgehead atoms. The highest BCUT2D eigenvalue weighted by Crippen LogP contribution is 2.36. The van der Waals surface area contributed by atoms with Gasteiger partial charge in [-0.3, -0.25) is 9.36 Å². The van der Waals surface area contributed by atoms with Crippen molar-refractivity contribution in [1.29, 1.82) is 0 Å². The van der Waals surface area contributed by atoms with Crippen molar-refractivity contribution in [2.24, 2.45) is 7.05 Å². The Morgan fingerprint density at radius 3 is 2.64 bits per heavy atom. The molecule has 33 heavy (non-hydrogen) atoms. The van der Waals surface area contributed by atoms with Gasteiger partial charge in [-0.2, -0.15) is 11.8 Å². The lowest BCUT2D eigenvalue weighted by Crippen LogP contribution is -2.38. The lowest BCUT2D eigenvalue weighted by molar-refractivity contribution is 0.0265. The zero-order valence-electron chi connectivity index (χ0n) is 17.9. The van der Waals surface area contributed by atoms with Crippen molar-refractivity contribution >= 4 is 28.6 Å². The molecule has 0 unspecified atom stereocenters. The fourth-order valence-corrected chi connectivity index (χ4v) is 5.25. The molecule has 1 fully saturated rings. The van der Waals surface area contributed by atoms with E-state index in [9.17, 15) is 23.1 Å². The van der Waals surface area contributed by atoms with Gasteiger partial charge in [-0.05, 0) is 30.4 Å². The van der Waals surface area contributed by atoms with E-state index in [0.717, 1.165) is 17.6 Å². The molecule has 0 radical (unpaired) electrons. The molecule has 6 nitrogen and oxygen atoms in total. The van der Waals surface area contributed by atoms with E-state index in [1.807, 2.05) is 0 Å². The first kappa shape index (κ1) is 23.3. The minimum atomic E-state index is -2.96. The number of aromatic nitrogens is 3. The van der Waals surface area contributed by atoms with Gasteiger partial charge in [-0.1, -0.05) is 24.3 Å². The topological polar surface area (TPSA) is 80.0 Å². The van der Waals surface area contributed by atoms with Crippen LogP contribution in [0.3, 0.4) is 0 Å². The molecule has 10 heteroatoms. The number of alkyl halides is 2. The monoisotopic (exact) mass is 476 g/mol. The summed E-state index contributed by atoms with van der Waals surface area (Å²) >= 11 is 1.72. The summed E-state index contributed by atoms with van der Waals surface area (Å²) in [7, 11) is 1.56. The van der Waals surface area contributed by atoms with Crippen molar-refractivity contribution in [2.75, 3.05) is 16.8 Å². The van der Waals surface area contributed by atoms with Crippen LogP contribution in [0.2, 0.25) is 0 Å². The molecule has 1 aromatic carbocycles. The molecule has 0 aliphatic carbocycles. The highest BCUT2D eigenvalue weighted by molar-refractivity contribution is 7.99. The van der Waals surface area contributed by atoms with Crippen LogP contribution in [-0.2, 0) is 12.6 Å². The fourth-order valence-electron chi connectivity index (χ4n) is 4.08. The molecular weight excluding hydrogens is 453 g/mol. The average molecular weight is 477 g/mol. The number of hydrogen-bond acceptors (Lipinski definition) is 6. The highest BCUT2D eigenvalue weighted by atomic mass is 32.2. The van der Waals surface area contributed by atoms with Crippen LogP contribution in [0.4, 0.5) is 19.0 Å². The molecule has 0 saturated carbocycles. The number of halogens is 3. The van der Waals surface area contributed by atoms with E-state index in [1.54, 1.807) is 24.9 Å². The maximum atomic E-state index is 14.8. The smallest absolute Gasteiger partial charge is 0.266 e. The number of rotatable bonds is 6. The number of benzene rings is 1. The maximum Gasteiger partial charge on any atom is 0.266 e. The zero-order chi connectivity index (χ0) is 23.8. The van der Waals surface area contributed by atoms with Gasteiger partial charge in [0.25, 0.3) is 12.0 Å². The first-order valence-electron chi connectivity index (χ1n) is 10.4. The van der Waals surface area contributed by atoms with Gasteiger partial charge in [0.05, 0.1) is 22.6 Å². The Labute approximate surface area is 192 Å². The number of nitrogens with one attached hydrogen (secondary N) is 1. The van der Waals surface area contributed by atoms with Gasteiger partial charge in [0.1, 0.15) is 23.6 Å². The number of anilines is 1. The Hall–Kier alpha value is -2.85. The van der Waals surface area contributed by atoms with Crippen molar-refractivity contribution < 1.29 is 18.3 Å². The second-order valence-corrected chi connectivity index (χ2v) is 9.16. The van der Waals surface area contributed by atoms with Gasteiger partial charge in [-0.25, -0.2) is 23.1 Å². The first-order chi connectivity index (χ1) is 15.8. The van der Waals surface area contributed by atoms with E-state index in [2.05, 4.69) is 21.9 Å². The largest absolute Gasteiger partial charge is 0.385 e. The third kappa shape index (κ3) is 4.24. The molecule has 0 spiro atoms. The van der Waals surface area contributed by atoms with E-state index in [1.165, 1.54) is 29.1 Å². The quantitative estimate of drug-likeness (QED) is 0.512. The summed E-state index contributed by atoms with van der Waals surface area (Å²) in [5, 5.41) is 14.7. The molecule has 0 amide bonds. The highest BCUT2D eigenvalue weighted by Gasteiger charge is 2.35. The summed E-state index contributed by atoms with van der Waals surface area (Å²) in [6.45, 7) is 3.71. The molecule has 174 valence electrons. The normalized spacial score (nSPS) is 16.7. The predicted octanol–water partition coefficient (Wildman–Crippen LogP) is 4.46. The van der Waals surface area contributed by atoms with E-state index in [-0.39, 0.29) is 22.5 Å². The van der Waals surface area contributed by atoms with Crippen LogP contribution in [0.1, 0.15) is 42.0 Å². The number of pyridine rings is 1. The van der Waals surface area contributed by atoms with Crippen LogP contribution in [0.15, 0.2) is 48.0 Å². The Bertz CT molecular complexity index is 1260. The zero-order valence-corrected chi connectivity index (χ0v) is 18.7. The molecule has 4 rings (SSSR count). The minimum absolute atomic E-state index is 0.0115. The molecule has 2 N–H and O–H groups in total. The number of hydrogen-bond donors (Lipinski definition) is 2. The summed E-state index contributed by atoms with van der Waals surface area (Å²) in [5.41, 5.74) is -1.76. The lowest BCUT2D eigenvalue weighted by atomic mass is 9.88. The Kier molecular flexibility index (Phi) is 6.49. The molecular formula is C23H23F3N4O2S. The SMILES string of the molecule is C=C[C@@H](Nc1ncnc2c1cc(C1(O)CCSCC1)c(=O)n2C)c1cccc(C(F)F)c1F. The molecule has 1 saturated heterocycles. The molecule has 3 aromatic rings. The van der Waals surface area contributed by atoms with Crippen LogP contribution in [0.5, 0.6) is 0 Å². The number of aliphatic hydroxyl groups is 1.